The number of aromatic nitrogens is 3. The van der Waals surface area contributed by atoms with Crippen molar-refractivity contribution in [2.24, 2.45) is 0 Å². The summed E-state index contributed by atoms with van der Waals surface area (Å²) in [4.78, 5) is 14.8. The molecule has 0 saturated heterocycles. The Morgan fingerprint density at radius 1 is 0.286 bits per heavy atom. The first kappa shape index (κ1) is 32.0. The monoisotopic (exact) mass is 711 g/mol. The Morgan fingerprint density at radius 2 is 0.732 bits per heavy atom. The lowest BCUT2D eigenvalue weighted by molar-refractivity contribution is 1.19. The lowest BCUT2D eigenvalue weighted by Gasteiger charge is -2.20. The Balaban J connectivity index is 1.17. The van der Waals surface area contributed by atoms with Crippen molar-refractivity contribution in [1.82, 2.24) is 15.0 Å². The maximum absolute atomic E-state index is 5.33. The summed E-state index contributed by atoms with van der Waals surface area (Å²) in [6.45, 7) is 0. The van der Waals surface area contributed by atoms with Gasteiger partial charge in [-0.05, 0) is 101 Å². The molecule has 0 N–H and O–H groups in total. The summed E-state index contributed by atoms with van der Waals surface area (Å²) in [6, 6.07) is 67.1. The van der Waals surface area contributed by atoms with Gasteiger partial charge in [-0.25, -0.2) is 9.97 Å². The lowest BCUT2D eigenvalue weighted by atomic mass is 9.82. The zero-order valence-corrected chi connectivity index (χ0v) is 30.4. The zero-order chi connectivity index (χ0) is 37.0. The van der Waals surface area contributed by atoms with Gasteiger partial charge in [0, 0.05) is 29.1 Å². The third-order valence-electron chi connectivity index (χ3n) is 11.2. The predicted octanol–water partition coefficient (Wildman–Crippen LogP) is 13.8. The summed E-state index contributed by atoms with van der Waals surface area (Å²) in [6.07, 6.45) is 3.66. The smallest absolute Gasteiger partial charge is 0.161 e. The summed E-state index contributed by atoms with van der Waals surface area (Å²) in [5.74, 6) is 0.705. The van der Waals surface area contributed by atoms with Crippen molar-refractivity contribution < 1.29 is 0 Å². The highest BCUT2D eigenvalue weighted by Gasteiger charge is 2.31. The van der Waals surface area contributed by atoms with Gasteiger partial charge < -0.3 is 0 Å². The normalized spacial score (nSPS) is 11.6. The van der Waals surface area contributed by atoms with Crippen molar-refractivity contribution in [3.8, 4) is 89.5 Å². The molecular weight excluding hydrogens is 679 g/mol. The van der Waals surface area contributed by atoms with Crippen LogP contribution in [0.15, 0.2) is 200 Å². The first-order valence-corrected chi connectivity index (χ1v) is 19.0. The molecule has 0 spiro atoms. The number of rotatable bonds is 6. The van der Waals surface area contributed by atoms with Gasteiger partial charge >= 0.3 is 0 Å². The fourth-order valence-electron chi connectivity index (χ4n) is 8.65. The molecule has 0 aliphatic heterocycles. The van der Waals surface area contributed by atoms with E-state index in [0.717, 1.165) is 44.6 Å². The van der Waals surface area contributed by atoms with Crippen molar-refractivity contribution >= 4 is 21.5 Å². The SMILES string of the molecule is c1ccc(-c2cc(-c3ccc(-c4ccncc4)cc3)nc(-c3ccc4c5c(cccc35)-c3c-4c(-c4ccccc4)c4ccccc4c3-c3ccccc3)n2)cc1. The summed E-state index contributed by atoms with van der Waals surface area (Å²) in [5.41, 5.74) is 17.1. The number of pyridine rings is 1. The van der Waals surface area contributed by atoms with Crippen LogP contribution >= 0.6 is 0 Å². The Kier molecular flexibility index (Phi) is 7.49. The Labute approximate surface area is 325 Å². The van der Waals surface area contributed by atoms with E-state index in [0.29, 0.717) is 5.82 Å². The number of hydrogen-bond donors (Lipinski definition) is 0. The van der Waals surface area contributed by atoms with Crippen LogP contribution in [-0.2, 0) is 0 Å². The van der Waals surface area contributed by atoms with Crippen molar-refractivity contribution in [1.29, 1.82) is 0 Å². The van der Waals surface area contributed by atoms with Gasteiger partial charge in [0.25, 0.3) is 0 Å². The van der Waals surface area contributed by atoms with E-state index in [9.17, 15) is 0 Å². The highest BCUT2D eigenvalue weighted by atomic mass is 14.9. The molecule has 10 aromatic rings. The standard InChI is InChI=1S/C53H33N3/c1-4-13-36(14-5-1)46-33-47(37-25-23-34(24-26-37)35-29-31-54-32-30-35)56-53(55-46)43-27-28-45-50-42(43)21-12-22-44(50)51-48(38-15-6-2-7-16-38)40-19-10-11-20-41(40)49(52(45)51)39-17-8-3-9-18-39/h1-33H. The molecule has 260 valence electrons. The quantitative estimate of drug-likeness (QED) is 0.172. The van der Waals surface area contributed by atoms with E-state index in [-0.39, 0.29) is 0 Å². The van der Waals surface area contributed by atoms with Gasteiger partial charge in [-0.1, -0.05) is 164 Å². The third kappa shape index (κ3) is 5.17. The van der Waals surface area contributed by atoms with Gasteiger partial charge in [0.05, 0.1) is 11.4 Å². The van der Waals surface area contributed by atoms with Gasteiger partial charge in [0.15, 0.2) is 5.82 Å². The fraction of sp³-hybridized carbons (Fsp3) is 0. The van der Waals surface area contributed by atoms with E-state index in [1.165, 1.54) is 60.7 Å². The second-order valence-electron chi connectivity index (χ2n) is 14.3. The van der Waals surface area contributed by atoms with Crippen LogP contribution in [-0.4, -0.2) is 15.0 Å². The summed E-state index contributed by atoms with van der Waals surface area (Å²) in [5, 5.41) is 4.88. The molecule has 11 rings (SSSR count). The van der Waals surface area contributed by atoms with E-state index in [2.05, 4.69) is 175 Å². The van der Waals surface area contributed by atoms with E-state index < -0.39 is 0 Å². The lowest BCUT2D eigenvalue weighted by Crippen LogP contribution is -1.97. The molecule has 1 aliphatic carbocycles. The van der Waals surface area contributed by atoms with E-state index in [4.69, 9.17) is 9.97 Å². The van der Waals surface area contributed by atoms with Crippen LogP contribution < -0.4 is 0 Å². The molecular formula is C53H33N3. The Morgan fingerprint density at radius 3 is 1.32 bits per heavy atom. The molecule has 0 amide bonds. The van der Waals surface area contributed by atoms with Crippen molar-refractivity contribution in [2.45, 2.75) is 0 Å². The molecule has 0 fully saturated rings. The molecule has 8 aromatic carbocycles. The molecule has 0 saturated carbocycles. The Hall–Kier alpha value is -7.49. The predicted molar refractivity (Wildman–Crippen MR) is 232 cm³/mol. The van der Waals surface area contributed by atoms with Crippen LogP contribution in [0, 0.1) is 0 Å². The summed E-state index contributed by atoms with van der Waals surface area (Å²) in [7, 11) is 0. The highest BCUT2D eigenvalue weighted by molar-refractivity contribution is 6.28. The minimum atomic E-state index is 0.705. The molecule has 0 unspecified atom stereocenters. The van der Waals surface area contributed by atoms with Gasteiger partial charge in [0.2, 0.25) is 0 Å². The largest absolute Gasteiger partial charge is 0.265 e. The number of benzene rings is 8. The van der Waals surface area contributed by atoms with Gasteiger partial charge in [-0.3, -0.25) is 4.98 Å². The average Bonchev–Trinajstić information content (AvgIpc) is 3.61. The number of fused-ring (bicyclic) bond motifs is 4. The van der Waals surface area contributed by atoms with Crippen LogP contribution in [0.3, 0.4) is 0 Å². The molecule has 3 nitrogen and oxygen atoms in total. The van der Waals surface area contributed by atoms with Gasteiger partial charge in [-0.15, -0.1) is 0 Å². The molecule has 2 heterocycles. The first-order valence-electron chi connectivity index (χ1n) is 19.0. The third-order valence-corrected chi connectivity index (χ3v) is 11.2. The second-order valence-corrected chi connectivity index (χ2v) is 14.3. The molecule has 1 aliphatic rings. The topological polar surface area (TPSA) is 38.7 Å². The minimum absolute atomic E-state index is 0.705. The van der Waals surface area contributed by atoms with E-state index >= 15 is 0 Å². The molecule has 56 heavy (non-hydrogen) atoms. The molecule has 2 aromatic heterocycles. The minimum Gasteiger partial charge on any atom is -0.265 e. The molecule has 0 atom stereocenters. The van der Waals surface area contributed by atoms with E-state index in [1.54, 1.807) is 0 Å². The summed E-state index contributed by atoms with van der Waals surface area (Å²) >= 11 is 0. The highest BCUT2D eigenvalue weighted by Crippen LogP contribution is 2.58. The Bertz CT molecular complexity index is 2990. The molecule has 0 radical (unpaired) electrons. The second kappa shape index (κ2) is 13.1. The van der Waals surface area contributed by atoms with Crippen molar-refractivity contribution in [3.05, 3.63) is 200 Å². The number of nitrogens with zero attached hydrogens (tertiary/aromatic N) is 3. The van der Waals surface area contributed by atoms with Crippen LogP contribution in [0.25, 0.3) is 111 Å². The van der Waals surface area contributed by atoms with Crippen LogP contribution in [0.5, 0.6) is 0 Å². The maximum Gasteiger partial charge on any atom is 0.161 e. The average molecular weight is 712 g/mol. The van der Waals surface area contributed by atoms with Gasteiger partial charge in [-0.2, -0.15) is 0 Å². The molecule has 0 bridgehead atoms. The van der Waals surface area contributed by atoms with Crippen molar-refractivity contribution in [3.63, 3.8) is 0 Å². The number of hydrogen-bond acceptors (Lipinski definition) is 3. The van der Waals surface area contributed by atoms with Crippen LogP contribution in [0.4, 0.5) is 0 Å². The zero-order valence-electron chi connectivity index (χ0n) is 30.4. The van der Waals surface area contributed by atoms with Crippen LogP contribution in [0.1, 0.15) is 0 Å². The first-order chi connectivity index (χ1) is 27.8. The molecule has 3 heteroatoms. The maximum atomic E-state index is 5.33. The fourth-order valence-corrected chi connectivity index (χ4v) is 8.65. The van der Waals surface area contributed by atoms with Gasteiger partial charge in [0.1, 0.15) is 0 Å². The summed E-state index contributed by atoms with van der Waals surface area (Å²) < 4.78 is 0. The van der Waals surface area contributed by atoms with Crippen LogP contribution in [0.2, 0.25) is 0 Å². The van der Waals surface area contributed by atoms with E-state index in [1.807, 2.05) is 30.6 Å². The van der Waals surface area contributed by atoms with Crippen molar-refractivity contribution in [2.75, 3.05) is 0 Å².